The van der Waals surface area contributed by atoms with Crippen LogP contribution in [0.5, 0.6) is 5.75 Å². The molecule has 4 unspecified atom stereocenters. The third-order valence-electron chi connectivity index (χ3n) is 4.73. The summed E-state index contributed by atoms with van der Waals surface area (Å²) in [6.45, 7) is 8.09. The van der Waals surface area contributed by atoms with E-state index in [0.29, 0.717) is 6.04 Å². The summed E-state index contributed by atoms with van der Waals surface area (Å²) in [6, 6.07) is 9.07. The zero-order valence-corrected chi connectivity index (χ0v) is 12.6. The molecule has 4 atom stereocenters. The Morgan fingerprint density at radius 3 is 3.05 bits per heavy atom. The molecule has 0 radical (unpaired) electrons. The van der Waals surface area contributed by atoms with Crippen LogP contribution in [0.4, 0.5) is 5.69 Å². The largest absolute Gasteiger partial charge is 0.491 e. The lowest BCUT2D eigenvalue weighted by Crippen LogP contribution is -2.39. The minimum Gasteiger partial charge on any atom is -0.491 e. The number of fused-ring (bicyclic) bond motifs is 2. The highest BCUT2D eigenvalue weighted by molar-refractivity contribution is 5.49. The Morgan fingerprint density at radius 2 is 2.20 bits per heavy atom. The topological polar surface area (TPSA) is 24.5 Å². The van der Waals surface area contributed by atoms with Crippen molar-refractivity contribution in [1.29, 1.82) is 0 Å². The van der Waals surface area contributed by atoms with E-state index in [1.54, 1.807) is 0 Å². The number of ether oxygens (including phenoxy) is 1. The van der Waals surface area contributed by atoms with Crippen molar-refractivity contribution in [3.05, 3.63) is 24.3 Å². The molecule has 1 aromatic carbocycles. The fraction of sp³-hybridized carbons (Fsp3) is 0.647. The zero-order valence-electron chi connectivity index (χ0n) is 12.6. The van der Waals surface area contributed by atoms with Crippen LogP contribution in [0.15, 0.2) is 24.3 Å². The summed E-state index contributed by atoms with van der Waals surface area (Å²) in [6.07, 6.45) is 3.93. The monoisotopic (exact) mass is 274 g/mol. The number of nitrogens with one attached hydrogen (secondary N) is 1. The molecule has 0 aliphatic carbocycles. The molecule has 3 nitrogen and oxygen atoms in total. The molecule has 0 amide bonds. The lowest BCUT2D eigenvalue weighted by atomic mass is 9.94. The van der Waals surface area contributed by atoms with Crippen LogP contribution in [0.25, 0.3) is 0 Å². The highest BCUT2D eigenvalue weighted by atomic mass is 16.5. The summed E-state index contributed by atoms with van der Waals surface area (Å²) in [5, 5.41) is 3.73. The molecule has 0 spiro atoms. The van der Waals surface area contributed by atoms with Crippen molar-refractivity contribution in [2.75, 3.05) is 25.0 Å². The first kappa shape index (κ1) is 13.7. The number of rotatable bonds is 5. The minimum atomic E-state index is 0.281. The maximum Gasteiger partial charge on any atom is 0.121 e. The molecule has 1 aromatic rings. The summed E-state index contributed by atoms with van der Waals surface area (Å²) in [4.78, 5) is 2.59. The van der Waals surface area contributed by atoms with Gasteiger partial charge in [-0.3, -0.25) is 0 Å². The molecular formula is C17H26N2O. The van der Waals surface area contributed by atoms with Crippen molar-refractivity contribution in [3.63, 3.8) is 0 Å². The van der Waals surface area contributed by atoms with Crippen molar-refractivity contribution >= 4 is 5.69 Å². The highest BCUT2D eigenvalue weighted by Gasteiger charge is 2.34. The van der Waals surface area contributed by atoms with Crippen LogP contribution in [0, 0.1) is 5.92 Å². The first-order valence-electron chi connectivity index (χ1n) is 8.00. The molecule has 3 rings (SSSR count). The number of benzene rings is 1. The fourth-order valence-corrected chi connectivity index (χ4v) is 3.33. The fourth-order valence-electron chi connectivity index (χ4n) is 3.33. The zero-order chi connectivity index (χ0) is 13.9. The van der Waals surface area contributed by atoms with Gasteiger partial charge in [0.05, 0.1) is 6.10 Å². The molecule has 0 aromatic heterocycles. The van der Waals surface area contributed by atoms with Gasteiger partial charge in [0.25, 0.3) is 0 Å². The molecule has 1 N–H and O–H groups in total. The maximum atomic E-state index is 5.91. The van der Waals surface area contributed by atoms with E-state index in [-0.39, 0.29) is 6.10 Å². The first-order chi connectivity index (χ1) is 9.74. The van der Waals surface area contributed by atoms with Crippen LogP contribution >= 0.6 is 0 Å². The van der Waals surface area contributed by atoms with Crippen molar-refractivity contribution in [2.24, 2.45) is 5.92 Å². The second-order valence-corrected chi connectivity index (χ2v) is 6.25. The second-order valence-electron chi connectivity index (χ2n) is 6.25. The van der Waals surface area contributed by atoms with Gasteiger partial charge in [0.2, 0.25) is 0 Å². The van der Waals surface area contributed by atoms with Gasteiger partial charge in [-0.2, -0.15) is 0 Å². The summed E-state index contributed by atoms with van der Waals surface area (Å²) < 4.78 is 5.91. The molecule has 2 fully saturated rings. The number of piperidine rings is 1. The number of hydrogen-bond acceptors (Lipinski definition) is 3. The minimum absolute atomic E-state index is 0.281. The van der Waals surface area contributed by atoms with Crippen LogP contribution in [-0.4, -0.2) is 36.7 Å². The average molecular weight is 274 g/mol. The lowest BCUT2D eigenvalue weighted by Gasteiger charge is -2.31. The van der Waals surface area contributed by atoms with Gasteiger partial charge in [-0.1, -0.05) is 13.0 Å². The van der Waals surface area contributed by atoms with Crippen LogP contribution in [0.1, 0.15) is 33.1 Å². The smallest absolute Gasteiger partial charge is 0.121 e. The molecule has 110 valence electrons. The number of hydrogen-bond donors (Lipinski definition) is 1. The quantitative estimate of drug-likeness (QED) is 0.891. The Kier molecular flexibility index (Phi) is 4.16. The van der Waals surface area contributed by atoms with Crippen LogP contribution in [-0.2, 0) is 0 Å². The van der Waals surface area contributed by atoms with E-state index >= 15 is 0 Å². The molecule has 2 bridgehead atoms. The Labute approximate surface area is 122 Å². The van der Waals surface area contributed by atoms with Gasteiger partial charge in [-0.15, -0.1) is 0 Å². The maximum absolute atomic E-state index is 5.91. The van der Waals surface area contributed by atoms with Crippen LogP contribution in [0.3, 0.4) is 0 Å². The standard InChI is InChI=1S/C17H26N2O/c1-3-13(2)20-16-6-4-5-15(11-16)18-17-8-10-19-9-7-14(17)12-19/h4-6,11,13-14,17-18H,3,7-10,12H2,1-2H3. The Hall–Kier alpha value is -1.22. The third kappa shape index (κ3) is 3.09. The van der Waals surface area contributed by atoms with E-state index in [0.717, 1.165) is 18.1 Å². The number of anilines is 1. The molecule has 2 aliphatic heterocycles. The van der Waals surface area contributed by atoms with Crippen molar-refractivity contribution < 1.29 is 4.74 Å². The second kappa shape index (κ2) is 6.04. The van der Waals surface area contributed by atoms with Crippen LogP contribution in [0.2, 0.25) is 0 Å². The number of nitrogens with zero attached hydrogens (tertiary/aromatic N) is 1. The van der Waals surface area contributed by atoms with Gasteiger partial charge in [0.1, 0.15) is 5.75 Å². The van der Waals surface area contributed by atoms with E-state index in [1.807, 2.05) is 0 Å². The molecular weight excluding hydrogens is 248 g/mol. The van der Waals surface area contributed by atoms with Crippen LogP contribution < -0.4 is 10.1 Å². The van der Waals surface area contributed by atoms with Crippen molar-refractivity contribution in [2.45, 2.75) is 45.3 Å². The predicted molar refractivity (Wildman–Crippen MR) is 83.4 cm³/mol. The van der Waals surface area contributed by atoms with Crippen molar-refractivity contribution in [3.8, 4) is 5.75 Å². The van der Waals surface area contributed by atoms with E-state index in [9.17, 15) is 0 Å². The molecule has 2 aliphatic rings. The SMILES string of the molecule is CCC(C)Oc1cccc(NC2CCN3CCC2C3)c1. The Bertz CT molecular complexity index is 448. The van der Waals surface area contributed by atoms with Gasteiger partial charge >= 0.3 is 0 Å². The van der Waals surface area contributed by atoms with Gasteiger partial charge < -0.3 is 15.0 Å². The Morgan fingerprint density at radius 1 is 1.35 bits per heavy atom. The molecule has 2 saturated heterocycles. The molecule has 0 saturated carbocycles. The lowest BCUT2D eigenvalue weighted by molar-refractivity contribution is 0.217. The van der Waals surface area contributed by atoms with Gasteiger partial charge in [0, 0.05) is 30.9 Å². The van der Waals surface area contributed by atoms with Gasteiger partial charge in [0.15, 0.2) is 0 Å². The van der Waals surface area contributed by atoms with E-state index in [1.165, 1.54) is 38.2 Å². The third-order valence-corrected chi connectivity index (χ3v) is 4.73. The normalized spacial score (nSPS) is 30.0. The van der Waals surface area contributed by atoms with E-state index < -0.39 is 0 Å². The summed E-state index contributed by atoms with van der Waals surface area (Å²) in [5.41, 5.74) is 1.20. The summed E-state index contributed by atoms with van der Waals surface area (Å²) >= 11 is 0. The highest BCUT2D eigenvalue weighted by Crippen LogP contribution is 2.30. The van der Waals surface area contributed by atoms with Gasteiger partial charge in [-0.25, -0.2) is 0 Å². The van der Waals surface area contributed by atoms with Gasteiger partial charge in [-0.05, 0) is 50.8 Å². The molecule has 20 heavy (non-hydrogen) atoms. The molecule has 2 heterocycles. The van der Waals surface area contributed by atoms with Crippen molar-refractivity contribution in [1.82, 2.24) is 4.90 Å². The first-order valence-corrected chi connectivity index (χ1v) is 8.00. The summed E-state index contributed by atoms with van der Waals surface area (Å²) in [5.74, 6) is 1.80. The predicted octanol–water partition coefficient (Wildman–Crippen LogP) is 3.37. The summed E-state index contributed by atoms with van der Waals surface area (Å²) in [7, 11) is 0. The van der Waals surface area contributed by atoms with E-state index in [2.05, 4.69) is 48.3 Å². The average Bonchev–Trinajstić information content (AvgIpc) is 2.85. The Balaban J connectivity index is 1.63. The molecule has 3 heteroatoms. The van der Waals surface area contributed by atoms with E-state index in [4.69, 9.17) is 4.74 Å².